The molecule has 108 valence electrons. The van der Waals surface area contributed by atoms with Gasteiger partial charge < -0.3 is 10.2 Å². The Kier molecular flexibility index (Phi) is 6.13. The molecule has 1 fully saturated rings. The third-order valence-corrected chi connectivity index (χ3v) is 3.75. The van der Waals surface area contributed by atoms with Gasteiger partial charge in [0.1, 0.15) is 0 Å². The molecule has 2 unspecified atom stereocenters. The SMILES string of the molecule is CC(C)CNCC(C)(C)CN1CC(C)CC(C)C1. The minimum Gasteiger partial charge on any atom is -0.316 e. The normalized spacial score (nSPS) is 26.8. The van der Waals surface area contributed by atoms with Crippen LogP contribution in [0.15, 0.2) is 0 Å². The van der Waals surface area contributed by atoms with Crippen molar-refractivity contribution in [1.29, 1.82) is 0 Å². The topological polar surface area (TPSA) is 15.3 Å². The van der Waals surface area contributed by atoms with Crippen molar-refractivity contribution in [2.24, 2.45) is 23.2 Å². The standard InChI is InChI=1S/C16H34N2/c1-13(2)8-17-11-16(5,6)12-18-9-14(3)7-15(4)10-18/h13-15,17H,7-12H2,1-6H3. The number of hydrogen-bond donors (Lipinski definition) is 1. The van der Waals surface area contributed by atoms with Crippen LogP contribution in [-0.4, -0.2) is 37.6 Å². The lowest BCUT2D eigenvalue weighted by Crippen LogP contribution is -2.46. The number of hydrogen-bond acceptors (Lipinski definition) is 2. The lowest BCUT2D eigenvalue weighted by Gasteiger charge is -2.39. The number of rotatable bonds is 6. The van der Waals surface area contributed by atoms with Crippen molar-refractivity contribution in [3.05, 3.63) is 0 Å². The largest absolute Gasteiger partial charge is 0.316 e. The molecule has 1 heterocycles. The molecule has 2 heteroatoms. The summed E-state index contributed by atoms with van der Waals surface area (Å²) in [5.74, 6) is 2.48. The predicted octanol–water partition coefficient (Wildman–Crippen LogP) is 3.24. The molecule has 0 aromatic rings. The number of nitrogens with zero attached hydrogens (tertiary/aromatic N) is 1. The van der Waals surface area contributed by atoms with Gasteiger partial charge in [-0.1, -0.05) is 41.5 Å². The average Bonchev–Trinajstić information content (AvgIpc) is 2.12. The lowest BCUT2D eigenvalue weighted by atomic mass is 9.87. The minimum atomic E-state index is 0.381. The zero-order valence-corrected chi connectivity index (χ0v) is 13.4. The molecule has 1 aliphatic heterocycles. The monoisotopic (exact) mass is 254 g/mol. The maximum Gasteiger partial charge on any atom is 0.00451 e. The van der Waals surface area contributed by atoms with Crippen molar-refractivity contribution < 1.29 is 0 Å². The molecule has 2 atom stereocenters. The van der Waals surface area contributed by atoms with Gasteiger partial charge in [0, 0.05) is 26.2 Å². The van der Waals surface area contributed by atoms with Gasteiger partial charge in [-0.25, -0.2) is 0 Å². The summed E-state index contributed by atoms with van der Waals surface area (Å²) in [5, 5.41) is 3.61. The molecular formula is C16H34N2. The molecule has 1 rings (SSSR count). The molecule has 0 spiro atoms. The summed E-state index contributed by atoms with van der Waals surface area (Å²) in [6.07, 6.45) is 1.41. The fraction of sp³-hybridized carbons (Fsp3) is 1.00. The first-order chi connectivity index (χ1) is 8.28. The van der Waals surface area contributed by atoms with Crippen LogP contribution < -0.4 is 5.32 Å². The molecule has 0 radical (unpaired) electrons. The number of likely N-dealkylation sites (tertiary alicyclic amines) is 1. The fourth-order valence-corrected chi connectivity index (χ4v) is 3.28. The Bertz CT molecular complexity index is 225. The van der Waals surface area contributed by atoms with Crippen molar-refractivity contribution >= 4 is 0 Å². The summed E-state index contributed by atoms with van der Waals surface area (Å²) in [5.41, 5.74) is 0.381. The van der Waals surface area contributed by atoms with E-state index in [2.05, 4.69) is 51.8 Å². The molecule has 1 N–H and O–H groups in total. The van der Waals surface area contributed by atoms with Gasteiger partial charge in [-0.05, 0) is 36.1 Å². The van der Waals surface area contributed by atoms with Gasteiger partial charge in [0.05, 0.1) is 0 Å². The third-order valence-electron chi connectivity index (χ3n) is 3.75. The van der Waals surface area contributed by atoms with Crippen molar-refractivity contribution in [3.8, 4) is 0 Å². The third kappa shape index (κ3) is 6.19. The Morgan fingerprint density at radius 1 is 1.17 bits per heavy atom. The molecule has 2 nitrogen and oxygen atoms in total. The van der Waals surface area contributed by atoms with E-state index in [1.54, 1.807) is 0 Å². The van der Waals surface area contributed by atoms with Gasteiger partial charge in [-0.2, -0.15) is 0 Å². The summed E-state index contributed by atoms with van der Waals surface area (Å²) in [7, 11) is 0. The van der Waals surface area contributed by atoms with Crippen LogP contribution in [0.3, 0.4) is 0 Å². The van der Waals surface area contributed by atoms with E-state index in [0.29, 0.717) is 5.41 Å². The van der Waals surface area contributed by atoms with E-state index in [1.807, 2.05) is 0 Å². The smallest absolute Gasteiger partial charge is 0.00451 e. The fourth-order valence-electron chi connectivity index (χ4n) is 3.28. The van der Waals surface area contributed by atoms with Gasteiger partial charge in [-0.3, -0.25) is 0 Å². The first kappa shape index (κ1) is 16.0. The van der Waals surface area contributed by atoms with Crippen molar-refractivity contribution in [3.63, 3.8) is 0 Å². The van der Waals surface area contributed by atoms with E-state index in [1.165, 1.54) is 26.1 Å². The second-order valence-corrected chi connectivity index (χ2v) is 7.83. The highest BCUT2D eigenvalue weighted by Gasteiger charge is 2.27. The molecule has 1 saturated heterocycles. The van der Waals surface area contributed by atoms with Gasteiger partial charge in [0.15, 0.2) is 0 Å². The second kappa shape index (κ2) is 6.91. The van der Waals surface area contributed by atoms with Crippen molar-refractivity contribution in [1.82, 2.24) is 10.2 Å². The van der Waals surface area contributed by atoms with E-state index in [4.69, 9.17) is 0 Å². The van der Waals surface area contributed by atoms with Crippen LogP contribution in [0.4, 0.5) is 0 Å². The Morgan fingerprint density at radius 2 is 1.72 bits per heavy atom. The summed E-state index contributed by atoms with van der Waals surface area (Å²) < 4.78 is 0. The first-order valence-corrected chi connectivity index (χ1v) is 7.71. The summed E-state index contributed by atoms with van der Waals surface area (Å²) >= 11 is 0. The Hall–Kier alpha value is -0.0800. The molecular weight excluding hydrogens is 220 g/mol. The van der Waals surface area contributed by atoms with E-state index >= 15 is 0 Å². The molecule has 18 heavy (non-hydrogen) atoms. The lowest BCUT2D eigenvalue weighted by molar-refractivity contribution is 0.0957. The van der Waals surface area contributed by atoms with E-state index in [9.17, 15) is 0 Å². The molecule has 0 aliphatic carbocycles. The second-order valence-electron chi connectivity index (χ2n) is 7.83. The first-order valence-electron chi connectivity index (χ1n) is 7.71. The number of nitrogens with one attached hydrogen (secondary N) is 1. The van der Waals surface area contributed by atoms with Gasteiger partial charge in [0.2, 0.25) is 0 Å². The molecule has 0 amide bonds. The highest BCUT2D eigenvalue weighted by molar-refractivity contribution is 4.81. The highest BCUT2D eigenvalue weighted by atomic mass is 15.1. The van der Waals surface area contributed by atoms with Crippen molar-refractivity contribution in [2.75, 3.05) is 32.7 Å². The Morgan fingerprint density at radius 3 is 2.22 bits per heavy atom. The van der Waals surface area contributed by atoms with Crippen LogP contribution in [0.1, 0.15) is 48.0 Å². The minimum absolute atomic E-state index is 0.381. The predicted molar refractivity (Wildman–Crippen MR) is 80.9 cm³/mol. The maximum absolute atomic E-state index is 3.61. The maximum atomic E-state index is 3.61. The van der Waals surface area contributed by atoms with Crippen LogP contribution in [0, 0.1) is 23.2 Å². The summed E-state index contributed by atoms with van der Waals surface area (Å²) in [4.78, 5) is 2.68. The number of piperidine rings is 1. The Labute approximate surface area is 115 Å². The molecule has 0 bridgehead atoms. The van der Waals surface area contributed by atoms with Crippen LogP contribution in [-0.2, 0) is 0 Å². The van der Waals surface area contributed by atoms with Crippen LogP contribution in [0.5, 0.6) is 0 Å². The van der Waals surface area contributed by atoms with Crippen LogP contribution in [0.2, 0.25) is 0 Å². The summed E-state index contributed by atoms with van der Waals surface area (Å²) in [6.45, 7) is 20.2. The average molecular weight is 254 g/mol. The zero-order valence-electron chi connectivity index (χ0n) is 13.4. The summed E-state index contributed by atoms with van der Waals surface area (Å²) in [6, 6.07) is 0. The van der Waals surface area contributed by atoms with Crippen LogP contribution >= 0.6 is 0 Å². The van der Waals surface area contributed by atoms with E-state index < -0.39 is 0 Å². The quantitative estimate of drug-likeness (QED) is 0.783. The van der Waals surface area contributed by atoms with Gasteiger partial charge >= 0.3 is 0 Å². The van der Waals surface area contributed by atoms with E-state index in [-0.39, 0.29) is 0 Å². The van der Waals surface area contributed by atoms with Gasteiger partial charge in [0.25, 0.3) is 0 Å². The van der Waals surface area contributed by atoms with Gasteiger partial charge in [-0.15, -0.1) is 0 Å². The molecule has 0 saturated carbocycles. The zero-order chi connectivity index (χ0) is 13.8. The van der Waals surface area contributed by atoms with Crippen molar-refractivity contribution in [2.45, 2.75) is 48.0 Å². The molecule has 0 aromatic heterocycles. The highest BCUT2D eigenvalue weighted by Crippen LogP contribution is 2.24. The molecule has 0 aromatic carbocycles. The Balaban J connectivity index is 2.34. The molecule has 1 aliphatic rings. The van der Waals surface area contributed by atoms with Crippen LogP contribution in [0.25, 0.3) is 0 Å². The van der Waals surface area contributed by atoms with E-state index in [0.717, 1.165) is 30.8 Å².